The zero-order valence-corrected chi connectivity index (χ0v) is 7.79. The number of anilines is 1. The van der Waals surface area contributed by atoms with E-state index in [1.54, 1.807) is 0 Å². The van der Waals surface area contributed by atoms with Crippen molar-refractivity contribution in [1.82, 2.24) is 5.43 Å². The Hall–Kier alpha value is -1.02. The lowest BCUT2D eigenvalue weighted by atomic mass is 10.3. The highest BCUT2D eigenvalue weighted by atomic mass is 15.4. The molecule has 2 nitrogen and oxygen atoms in total. The van der Waals surface area contributed by atoms with Gasteiger partial charge in [0.25, 0.3) is 0 Å². The summed E-state index contributed by atoms with van der Waals surface area (Å²) in [6.45, 7) is 0. The van der Waals surface area contributed by atoms with Crippen molar-refractivity contribution < 1.29 is 0 Å². The minimum absolute atomic E-state index is 0.667. The predicted molar refractivity (Wildman–Crippen MR) is 55.5 cm³/mol. The highest BCUT2D eigenvalue weighted by Crippen LogP contribution is 2.17. The number of nitrogens with one attached hydrogen (secondary N) is 2. The molecule has 0 unspecified atom stereocenters. The Morgan fingerprint density at radius 1 is 1.00 bits per heavy atom. The number of para-hydroxylation sites is 1. The molecule has 13 heavy (non-hydrogen) atoms. The SMILES string of the molecule is c1ccc(NNC2CCCC2)cc1. The zero-order valence-electron chi connectivity index (χ0n) is 7.79. The second-order valence-electron chi connectivity index (χ2n) is 3.62. The molecule has 1 saturated carbocycles. The summed E-state index contributed by atoms with van der Waals surface area (Å²) in [6.07, 6.45) is 5.35. The first-order chi connectivity index (χ1) is 6.45. The topological polar surface area (TPSA) is 24.1 Å². The Kier molecular flexibility index (Phi) is 2.82. The first kappa shape index (κ1) is 8.57. The summed E-state index contributed by atoms with van der Waals surface area (Å²) in [6, 6.07) is 10.9. The molecule has 1 aliphatic carbocycles. The van der Waals surface area contributed by atoms with Crippen LogP contribution >= 0.6 is 0 Å². The molecule has 1 aliphatic rings. The Morgan fingerprint density at radius 3 is 2.38 bits per heavy atom. The molecule has 0 heterocycles. The molecule has 0 spiro atoms. The molecule has 2 heteroatoms. The van der Waals surface area contributed by atoms with Gasteiger partial charge >= 0.3 is 0 Å². The molecule has 0 bridgehead atoms. The lowest BCUT2D eigenvalue weighted by molar-refractivity contribution is 0.577. The first-order valence-corrected chi connectivity index (χ1v) is 5.02. The van der Waals surface area contributed by atoms with Crippen LogP contribution in [-0.2, 0) is 0 Å². The van der Waals surface area contributed by atoms with Crippen molar-refractivity contribution in [3.05, 3.63) is 30.3 Å². The van der Waals surface area contributed by atoms with Gasteiger partial charge in [-0.3, -0.25) is 0 Å². The van der Waals surface area contributed by atoms with Gasteiger partial charge in [-0.05, 0) is 25.0 Å². The number of benzene rings is 1. The van der Waals surface area contributed by atoms with Crippen LogP contribution in [0.15, 0.2) is 30.3 Å². The van der Waals surface area contributed by atoms with Gasteiger partial charge in [0.1, 0.15) is 0 Å². The average Bonchev–Trinajstić information content (AvgIpc) is 2.69. The van der Waals surface area contributed by atoms with Crippen LogP contribution in [0.3, 0.4) is 0 Å². The smallest absolute Gasteiger partial charge is 0.0487 e. The van der Waals surface area contributed by atoms with Crippen molar-refractivity contribution in [2.24, 2.45) is 0 Å². The standard InChI is InChI=1S/C11H16N2/c1-2-6-10(7-3-1)12-13-11-8-4-5-9-11/h1-3,6-7,11-13H,4-5,8-9H2. The summed E-state index contributed by atoms with van der Waals surface area (Å²) in [4.78, 5) is 0. The van der Waals surface area contributed by atoms with E-state index in [4.69, 9.17) is 0 Å². The van der Waals surface area contributed by atoms with Crippen LogP contribution in [0.1, 0.15) is 25.7 Å². The van der Waals surface area contributed by atoms with E-state index in [1.165, 1.54) is 25.7 Å². The van der Waals surface area contributed by atoms with E-state index in [9.17, 15) is 0 Å². The maximum Gasteiger partial charge on any atom is 0.0487 e. The molecule has 0 saturated heterocycles. The lowest BCUT2D eigenvalue weighted by Gasteiger charge is -2.13. The highest BCUT2D eigenvalue weighted by Gasteiger charge is 2.13. The molecule has 0 amide bonds. The molecular formula is C11H16N2. The van der Waals surface area contributed by atoms with E-state index in [2.05, 4.69) is 23.0 Å². The van der Waals surface area contributed by atoms with Gasteiger partial charge in [0.2, 0.25) is 0 Å². The number of hydrogen-bond donors (Lipinski definition) is 2. The summed E-state index contributed by atoms with van der Waals surface area (Å²) in [5.74, 6) is 0. The normalized spacial score (nSPS) is 17.5. The van der Waals surface area contributed by atoms with Crippen molar-refractivity contribution in [1.29, 1.82) is 0 Å². The number of hydrazine groups is 1. The lowest BCUT2D eigenvalue weighted by Crippen LogP contribution is -2.31. The van der Waals surface area contributed by atoms with Crippen molar-refractivity contribution in [2.75, 3.05) is 5.43 Å². The molecule has 0 radical (unpaired) electrons. The van der Waals surface area contributed by atoms with Gasteiger partial charge in [0.15, 0.2) is 0 Å². The van der Waals surface area contributed by atoms with Crippen LogP contribution < -0.4 is 10.9 Å². The minimum atomic E-state index is 0.667. The molecule has 0 aromatic heterocycles. The van der Waals surface area contributed by atoms with Crippen LogP contribution in [0, 0.1) is 0 Å². The second-order valence-corrected chi connectivity index (χ2v) is 3.62. The van der Waals surface area contributed by atoms with E-state index >= 15 is 0 Å². The van der Waals surface area contributed by atoms with E-state index in [1.807, 2.05) is 18.2 Å². The third-order valence-corrected chi connectivity index (χ3v) is 2.55. The van der Waals surface area contributed by atoms with Crippen molar-refractivity contribution in [3.63, 3.8) is 0 Å². The molecule has 0 atom stereocenters. The largest absolute Gasteiger partial charge is 0.321 e. The van der Waals surface area contributed by atoms with E-state index < -0.39 is 0 Å². The number of rotatable bonds is 3. The van der Waals surface area contributed by atoms with Crippen LogP contribution in [0.25, 0.3) is 0 Å². The maximum atomic E-state index is 3.35. The first-order valence-electron chi connectivity index (χ1n) is 5.02. The van der Waals surface area contributed by atoms with Gasteiger partial charge in [-0.15, -0.1) is 0 Å². The molecule has 1 aromatic rings. The average molecular weight is 176 g/mol. The number of hydrogen-bond acceptors (Lipinski definition) is 2. The fraction of sp³-hybridized carbons (Fsp3) is 0.455. The Bertz CT molecular complexity index is 240. The van der Waals surface area contributed by atoms with E-state index in [0.717, 1.165) is 5.69 Å². The monoisotopic (exact) mass is 176 g/mol. The van der Waals surface area contributed by atoms with Crippen LogP contribution in [0.4, 0.5) is 5.69 Å². The molecular weight excluding hydrogens is 160 g/mol. The van der Waals surface area contributed by atoms with Crippen molar-refractivity contribution >= 4 is 5.69 Å². The fourth-order valence-corrected chi connectivity index (χ4v) is 1.78. The van der Waals surface area contributed by atoms with Crippen LogP contribution in [0.5, 0.6) is 0 Å². The summed E-state index contributed by atoms with van der Waals surface area (Å²) in [5, 5.41) is 0. The molecule has 2 rings (SSSR count). The molecule has 0 aliphatic heterocycles. The quantitative estimate of drug-likeness (QED) is 0.691. The predicted octanol–water partition coefficient (Wildman–Crippen LogP) is 2.55. The Balaban J connectivity index is 1.79. The van der Waals surface area contributed by atoms with E-state index in [-0.39, 0.29) is 0 Å². The Morgan fingerprint density at radius 2 is 1.69 bits per heavy atom. The molecule has 2 N–H and O–H groups in total. The molecule has 1 aromatic carbocycles. The van der Waals surface area contributed by atoms with Gasteiger partial charge in [0.05, 0.1) is 0 Å². The van der Waals surface area contributed by atoms with Gasteiger partial charge < -0.3 is 5.43 Å². The highest BCUT2D eigenvalue weighted by molar-refractivity contribution is 5.41. The van der Waals surface area contributed by atoms with Gasteiger partial charge in [-0.2, -0.15) is 0 Å². The zero-order chi connectivity index (χ0) is 8.93. The molecule has 1 fully saturated rings. The second kappa shape index (κ2) is 4.28. The third-order valence-electron chi connectivity index (χ3n) is 2.55. The van der Waals surface area contributed by atoms with Crippen LogP contribution in [-0.4, -0.2) is 6.04 Å². The summed E-state index contributed by atoms with van der Waals surface area (Å²) in [7, 11) is 0. The van der Waals surface area contributed by atoms with Gasteiger partial charge in [-0.1, -0.05) is 31.0 Å². The van der Waals surface area contributed by atoms with Gasteiger partial charge in [0, 0.05) is 11.7 Å². The summed E-state index contributed by atoms with van der Waals surface area (Å²) >= 11 is 0. The summed E-state index contributed by atoms with van der Waals surface area (Å²) < 4.78 is 0. The van der Waals surface area contributed by atoms with Crippen molar-refractivity contribution in [3.8, 4) is 0 Å². The van der Waals surface area contributed by atoms with Gasteiger partial charge in [-0.25, -0.2) is 5.43 Å². The summed E-state index contributed by atoms with van der Waals surface area (Å²) in [5.41, 5.74) is 7.73. The van der Waals surface area contributed by atoms with Crippen LogP contribution in [0.2, 0.25) is 0 Å². The minimum Gasteiger partial charge on any atom is -0.321 e. The van der Waals surface area contributed by atoms with E-state index in [0.29, 0.717) is 6.04 Å². The van der Waals surface area contributed by atoms with Crippen molar-refractivity contribution in [2.45, 2.75) is 31.7 Å². The molecule has 70 valence electrons. The third kappa shape index (κ3) is 2.46. The maximum absolute atomic E-state index is 3.35. The Labute approximate surface area is 79.3 Å². The fourth-order valence-electron chi connectivity index (χ4n) is 1.78.